The minimum atomic E-state index is 0.940. The van der Waals surface area contributed by atoms with Crippen molar-refractivity contribution in [1.82, 2.24) is 5.32 Å². The second-order valence-electron chi connectivity index (χ2n) is 5.73. The Morgan fingerprint density at radius 1 is 1.10 bits per heavy atom. The Hall–Kier alpha value is -1.54. The smallest absolute Gasteiger partial charge is 0.126 e. The molecule has 2 nitrogen and oxygen atoms in total. The zero-order valence-corrected chi connectivity index (χ0v) is 12.2. The Labute approximate surface area is 121 Å². The lowest BCUT2D eigenvalue weighted by Crippen LogP contribution is -2.15. The highest BCUT2D eigenvalue weighted by Gasteiger charge is 2.19. The number of nitrogens with one attached hydrogen (secondary N) is 1. The molecule has 0 heterocycles. The van der Waals surface area contributed by atoms with Gasteiger partial charge in [0.2, 0.25) is 0 Å². The number of fused-ring (bicyclic) bond motifs is 1. The van der Waals surface area contributed by atoms with Gasteiger partial charge in [-0.3, -0.25) is 0 Å². The highest BCUT2D eigenvalue weighted by Crippen LogP contribution is 2.33. The van der Waals surface area contributed by atoms with Crippen LogP contribution in [0.15, 0.2) is 36.4 Å². The monoisotopic (exact) mass is 269 g/mol. The lowest BCUT2D eigenvalue weighted by molar-refractivity contribution is 0.419. The molecule has 0 radical (unpaired) electrons. The van der Waals surface area contributed by atoms with Crippen LogP contribution >= 0.6 is 0 Å². The van der Waals surface area contributed by atoms with Crippen molar-refractivity contribution in [3.63, 3.8) is 0 Å². The van der Waals surface area contributed by atoms with Crippen LogP contribution in [0, 0.1) is 5.92 Å². The summed E-state index contributed by atoms with van der Waals surface area (Å²) in [6.45, 7) is 2.06. The number of rotatable bonds is 7. The second kappa shape index (κ2) is 6.27. The van der Waals surface area contributed by atoms with Crippen molar-refractivity contribution in [2.75, 3.05) is 13.7 Å². The Balaban J connectivity index is 1.64. The Kier molecular flexibility index (Phi) is 4.22. The van der Waals surface area contributed by atoms with Gasteiger partial charge in [0.05, 0.1) is 7.11 Å². The van der Waals surface area contributed by atoms with Gasteiger partial charge >= 0.3 is 0 Å². The van der Waals surface area contributed by atoms with Crippen LogP contribution < -0.4 is 10.1 Å². The lowest BCUT2D eigenvalue weighted by atomic mass is 10.0. The zero-order valence-electron chi connectivity index (χ0n) is 12.2. The molecule has 0 spiro atoms. The molecule has 2 aromatic carbocycles. The fraction of sp³-hybridized carbons (Fsp3) is 0.444. The van der Waals surface area contributed by atoms with Gasteiger partial charge in [0.1, 0.15) is 5.75 Å². The molecule has 0 aromatic heterocycles. The van der Waals surface area contributed by atoms with Gasteiger partial charge in [-0.1, -0.05) is 43.2 Å². The predicted molar refractivity (Wildman–Crippen MR) is 84.2 cm³/mol. The van der Waals surface area contributed by atoms with Crippen LogP contribution in [-0.4, -0.2) is 13.7 Å². The minimum Gasteiger partial charge on any atom is -0.496 e. The molecule has 3 rings (SSSR count). The summed E-state index contributed by atoms with van der Waals surface area (Å²) in [4.78, 5) is 0. The number of ether oxygens (including phenoxy) is 1. The van der Waals surface area contributed by atoms with E-state index in [1.165, 1.54) is 42.0 Å². The molecule has 1 aliphatic rings. The standard InChI is InChI=1S/C18H23NO/c1-20-18-11-10-15(16-6-2-3-7-17(16)18)13-19-12-4-5-14-8-9-14/h2-3,6-7,10-11,14,19H,4-5,8-9,12-13H2,1H3. The average molecular weight is 269 g/mol. The van der Waals surface area contributed by atoms with Gasteiger partial charge in [-0.25, -0.2) is 0 Å². The number of hydrogen-bond acceptors (Lipinski definition) is 2. The van der Waals surface area contributed by atoms with E-state index in [9.17, 15) is 0 Å². The van der Waals surface area contributed by atoms with Crippen LogP contribution in [0.2, 0.25) is 0 Å². The fourth-order valence-electron chi connectivity index (χ4n) is 2.81. The van der Waals surface area contributed by atoms with Gasteiger partial charge in [-0.2, -0.15) is 0 Å². The zero-order chi connectivity index (χ0) is 13.8. The van der Waals surface area contributed by atoms with Crippen molar-refractivity contribution in [2.45, 2.75) is 32.2 Å². The third-order valence-corrected chi connectivity index (χ3v) is 4.17. The molecule has 1 N–H and O–H groups in total. The van der Waals surface area contributed by atoms with Crippen LogP contribution in [0.1, 0.15) is 31.2 Å². The quantitative estimate of drug-likeness (QED) is 0.763. The van der Waals surface area contributed by atoms with E-state index in [4.69, 9.17) is 4.74 Å². The Bertz CT molecular complexity index is 575. The molecule has 0 atom stereocenters. The van der Waals surface area contributed by atoms with E-state index < -0.39 is 0 Å². The van der Waals surface area contributed by atoms with Crippen LogP contribution in [0.25, 0.3) is 10.8 Å². The fourth-order valence-corrected chi connectivity index (χ4v) is 2.81. The second-order valence-corrected chi connectivity index (χ2v) is 5.73. The van der Waals surface area contributed by atoms with Gasteiger partial charge in [-0.15, -0.1) is 0 Å². The maximum Gasteiger partial charge on any atom is 0.126 e. The lowest BCUT2D eigenvalue weighted by Gasteiger charge is -2.11. The maximum absolute atomic E-state index is 5.44. The summed E-state index contributed by atoms with van der Waals surface area (Å²) >= 11 is 0. The molecule has 0 saturated heterocycles. The van der Waals surface area contributed by atoms with Crippen LogP contribution in [0.3, 0.4) is 0 Å². The highest BCUT2D eigenvalue weighted by molar-refractivity contribution is 5.91. The normalized spacial score (nSPS) is 14.7. The van der Waals surface area contributed by atoms with Crippen molar-refractivity contribution in [2.24, 2.45) is 5.92 Å². The molecule has 0 bridgehead atoms. The molecular formula is C18H23NO. The number of benzene rings is 2. The summed E-state index contributed by atoms with van der Waals surface area (Å²) in [6.07, 6.45) is 5.63. The van der Waals surface area contributed by atoms with Crippen LogP contribution in [0.5, 0.6) is 5.75 Å². The van der Waals surface area contributed by atoms with Crippen molar-refractivity contribution in [1.29, 1.82) is 0 Å². The van der Waals surface area contributed by atoms with E-state index in [1.54, 1.807) is 7.11 Å². The summed E-state index contributed by atoms with van der Waals surface area (Å²) in [5.41, 5.74) is 1.35. The third-order valence-electron chi connectivity index (χ3n) is 4.17. The van der Waals surface area contributed by atoms with E-state index >= 15 is 0 Å². The molecule has 106 valence electrons. The molecule has 1 saturated carbocycles. The third kappa shape index (κ3) is 3.13. The Morgan fingerprint density at radius 3 is 2.65 bits per heavy atom. The van der Waals surface area contributed by atoms with Crippen molar-refractivity contribution in [3.8, 4) is 5.75 Å². The van der Waals surface area contributed by atoms with E-state index in [-0.39, 0.29) is 0 Å². The first-order chi connectivity index (χ1) is 9.88. The topological polar surface area (TPSA) is 21.3 Å². The summed E-state index contributed by atoms with van der Waals surface area (Å²) in [5, 5.41) is 6.07. The molecule has 0 unspecified atom stereocenters. The minimum absolute atomic E-state index is 0.940. The molecule has 0 amide bonds. The van der Waals surface area contributed by atoms with Crippen molar-refractivity contribution >= 4 is 10.8 Å². The van der Waals surface area contributed by atoms with Gasteiger partial charge in [-0.05, 0) is 42.3 Å². The number of hydrogen-bond donors (Lipinski definition) is 1. The Morgan fingerprint density at radius 2 is 1.90 bits per heavy atom. The number of methoxy groups -OCH3 is 1. The average Bonchev–Trinajstić information content (AvgIpc) is 3.31. The maximum atomic E-state index is 5.44. The summed E-state index contributed by atoms with van der Waals surface area (Å²) in [5.74, 6) is 2.00. The van der Waals surface area contributed by atoms with E-state index in [0.29, 0.717) is 0 Å². The van der Waals surface area contributed by atoms with Crippen LogP contribution in [-0.2, 0) is 6.54 Å². The molecule has 1 fully saturated rings. The molecular weight excluding hydrogens is 246 g/mol. The summed E-state index contributed by atoms with van der Waals surface area (Å²) in [6, 6.07) is 12.7. The SMILES string of the molecule is COc1ccc(CNCCCC2CC2)c2ccccc12. The molecule has 1 aliphatic carbocycles. The summed E-state index contributed by atoms with van der Waals surface area (Å²) in [7, 11) is 1.73. The van der Waals surface area contributed by atoms with E-state index in [2.05, 4.69) is 41.7 Å². The van der Waals surface area contributed by atoms with Gasteiger partial charge < -0.3 is 10.1 Å². The van der Waals surface area contributed by atoms with Gasteiger partial charge in [0.15, 0.2) is 0 Å². The molecule has 20 heavy (non-hydrogen) atoms. The molecule has 0 aliphatic heterocycles. The van der Waals surface area contributed by atoms with E-state index in [0.717, 1.165) is 24.8 Å². The largest absolute Gasteiger partial charge is 0.496 e. The van der Waals surface area contributed by atoms with Gasteiger partial charge in [0.25, 0.3) is 0 Å². The first kappa shape index (κ1) is 13.4. The predicted octanol–water partition coefficient (Wildman–Crippen LogP) is 4.13. The van der Waals surface area contributed by atoms with E-state index in [1.807, 2.05) is 0 Å². The van der Waals surface area contributed by atoms with Crippen molar-refractivity contribution in [3.05, 3.63) is 42.0 Å². The summed E-state index contributed by atoms with van der Waals surface area (Å²) < 4.78 is 5.44. The first-order valence-corrected chi connectivity index (χ1v) is 7.64. The highest BCUT2D eigenvalue weighted by atomic mass is 16.5. The molecule has 2 heteroatoms. The molecule has 2 aromatic rings. The first-order valence-electron chi connectivity index (χ1n) is 7.64. The van der Waals surface area contributed by atoms with Gasteiger partial charge in [0, 0.05) is 11.9 Å². The van der Waals surface area contributed by atoms with Crippen LogP contribution in [0.4, 0.5) is 0 Å². The van der Waals surface area contributed by atoms with Crippen molar-refractivity contribution < 1.29 is 4.74 Å².